The first-order chi connectivity index (χ1) is 19.2. The second kappa shape index (κ2) is 12.7. The highest BCUT2D eigenvalue weighted by Gasteiger charge is 2.25. The number of aliphatic hydroxyl groups excluding tert-OH is 1. The van der Waals surface area contributed by atoms with Crippen molar-refractivity contribution >= 4 is 39.1 Å². The maximum absolute atomic E-state index is 13.2. The molecule has 0 aromatic heterocycles. The van der Waals surface area contributed by atoms with E-state index in [4.69, 9.17) is 0 Å². The number of benzene rings is 4. The van der Waals surface area contributed by atoms with E-state index in [1.807, 2.05) is 35.1 Å². The van der Waals surface area contributed by atoms with Crippen molar-refractivity contribution in [1.29, 1.82) is 0 Å². The van der Waals surface area contributed by atoms with Gasteiger partial charge in [0.05, 0.1) is 22.5 Å². The van der Waals surface area contributed by atoms with Crippen LogP contribution in [0.5, 0.6) is 0 Å². The van der Waals surface area contributed by atoms with E-state index in [9.17, 15) is 32.8 Å². The largest absolute Gasteiger partial charge is 0.394 e. The predicted molar refractivity (Wildman–Crippen MR) is 151 cm³/mol. The summed E-state index contributed by atoms with van der Waals surface area (Å²) < 4.78 is 40.9. The number of nitrogens with one attached hydrogen (secondary N) is 2. The van der Waals surface area contributed by atoms with Crippen LogP contribution in [0.2, 0.25) is 0 Å². The van der Waals surface area contributed by atoms with Crippen LogP contribution >= 0.6 is 11.8 Å². The zero-order valence-corrected chi connectivity index (χ0v) is 22.5. The van der Waals surface area contributed by atoms with Gasteiger partial charge in [0.15, 0.2) is 0 Å². The molecule has 12 heteroatoms. The number of nitro benzene ring substituents is 1. The van der Waals surface area contributed by atoms with Crippen molar-refractivity contribution in [3.63, 3.8) is 0 Å². The molecule has 1 atom stereocenters. The molecule has 0 saturated heterocycles. The Morgan fingerprint density at radius 2 is 1.57 bits per heavy atom. The minimum atomic E-state index is -4.45. The molecule has 4 rings (SSSR count). The Labute approximate surface area is 234 Å². The number of aliphatic hydroxyl groups is 1. The van der Waals surface area contributed by atoms with E-state index in [0.29, 0.717) is 16.9 Å². The summed E-state index contributed by atoms with van der Waals surface area (Å²) in [5.74, 6) is -0.911. The first-order valence-corrected chi connectivity index (χ1v) is 14.4. The van der Waals surface area contributed by atoms with E-state index in [2.05, 4.69) is 5.32 Å². The summed E-state index contributed by atoms with van der Waals surface area (Å²) in [6.45, 7) is -0.312. The number of nitrogens with zero attached hydrogens (tertiary/aromatic N) is 1. The van der Waals surface area contributed by atoms with Gasteiger partial charge >= 0.3 is 0 Å². The maximum Gasteiger partial charge on any atom is 0.293 e. The van der Waals surface area contributed by atoms with Crippen molar-refractivity contribution in [2.24, 2.45) is 0 Å². The van der Waals surface area contributed by atoms with E-state index in [0.717, 1.165) is 17.0 Å². The lowest BCUT2D eigenvalue weighted by Gasteiger charge is -2.18. The fourth-order valence-electron chi connectivity index (χ4n) is 3.72. The number of carbonyl (C=O) groups is 1. The van der Waals surface area contributed by atoms with Gasteiger partial charge in [-0.15, -0.1) is 11.8 Å². The number of thioether (sulfide) groups is 1. The lowest BCUT2D eigenvalue weighted by molar-refractivity contribution is -0.384. The van der Waals surface area contributed by atoms with Gasteiger partial charge in [-0.2, -0.15) is 0 Å². The van der Waals surface area contributed by atoms with E-state index >= 15 is 0 Å². The van der Waals surface area contributed by atoms with E-state index < -0.39 is 37.5 Å². The van der Waals surface area contributed by atoms with Gasteiger partial charge in [0.2, 0.25) is 0 Å². The minimum absolute atomic E-state index is 0.0272. The van der Waals surface area contributed by atoms with Crippen LogP contribution in [0.25, 0.3) is 11.1 Å². The van der Waals surface area contributed by atoms with Crippen molar-refractivity contribution in [2.75, 3.05) is 17.7 Å². The van der Waals surface area contributed by atoms with Gasteiger partial charge < -0.3 is 10.4 Å². The predicted octanol–water partition coefficient (Wildman–Crippen LogP) is 5.08. The van der Waals surface area contributed by atoms with E-state index in [-0.39, 0.29) is 23.7 Å². The van der Waals surface area contributed by atoms with E-state index in [1.165, 1.54) is 42.1 Å². The Hall–Kier alpha value is -4.26. The third-order valence-corrected chi connectivity index (χ3v) is 8.31. The minimum Gasteiger partial charge on any atom is -0.394 e. The molecule has 4 aromatic rings. The zero-order chi connectivity index (χ0) is 28.7. The number of carbonyl (C=O) groups excluding carboxylic acids is 1. The van der Waals surface area contributed by atoms with Crippen molar-refractivity contribution in [3.05, 3.63) is 119 Å². The number of hydrogen-bond acceptors (Lipinski definition) is 8. The number of hydrogen-bond donors (Lipinski definition) is 3. The number of amides is 1. The standard InChI is InChI=1S/C28H24FN3O6S2/c29-22-12-10-20(11-13-22)19-6-8-21(9-7-19)28(34)31-40(37,38)25-14-15-26(27(16-25)32(35)36)30-23(17-33)18-39-24-4-2-1-3-5-24/h1-16,23,30,33H,17-18H2,(H,31,34). The molecule has 0 fully saturated rings. The highest BCUT2D eigenvalue weighted by molar-refractivity contribution is 7.99. The fraction of sp³-hybridized carbons (Fsp3) is 0.107. The summed E-state index contributed by atoms with van der Waals surface area (Å²) in [7, 11) is -4.45. The Morgan fingerprint density at radius 3 is 2.17 bits per heavy atom. The van der Waals surface area contributed by atoms with Crippen LogP contribution in [0.3, 0.4) is 0 Å². The summed E-state index contributed by atoms with van der Waals surface area (Å²) >= 11 is 1.45. The van der Waals surface area contributed by atoms with E-state index in [1.54, 1.807) is 24.3 Å². The van der Waals surface area contributed by atoms with Crippen LogP contribution in [0, 0.1) is 15.9 Å². The summed E-state index contributed by atoms with van der Waals surface area (Å²) in [5, 5.41) is 24.4. The number of halogens is 1. The lowest BCUT2D eigenvalue weighted by Crippen LogP contribution is -2.30. The first kappa shape index (κ1) is 28.7. The Morgan fingerprint density at radius 1 is 0.950 bits per heavy atom. The molecule has 0 aliphatic heterocycles. The Kier molecular flexibility index (Phi) is 9.15. The van der Waals surface area contributed by atoms with Gasteiger partial charge in [0, 0.05) is 22.3 Å². The molecule has 1 unspecified atom stereocenters. The van der Waals surface area contributed by atoms with Crippen LogP contribution in [0.15, 0.2) is 107 Å². The van der Waals surface area contributed by atoms with Crippen LogP contribution in [-0.2, 0) is 10.0 Å². The lowest BCUT2D eigenvalue weighted by atomic mass is 10.0. The molecule has 0 heterocycles. The smallest absolute Gasteiger partial charge is 0.293 e. The molecule has 206 valence electrons. The average Bonchev–Trinajstić information content (AvgIpc) is 2.96. The monoisotopic (exact) mass is 581 g/mol. The van der Waals surface area contributed by atoms with Gasteiger partial charge in [-0.05, 0) is 59.7 Å². The quantitative estimate of drug-likeness (QED) is 0.127. The van der Waals surface area contributed by atoms with Gasteiger partial charge in [-0.1, -0.05) is 42.5 Å². The van der Waals surface area contributed by atoms with Gasteiger partial charge in [0.1, 0.15) is 11.5 Å². The number of anilines is 1. The summed E-state index contributed by atoms with van der Waals surface area (Å²) in [5.41, 5.74) is 0.955. The third-order valence-electron chi connectivity index (χ3n) is 5.80. The number of nitro groups is 1. The highest BCUT2D eigenvalue weighted by atomic mass is 32.2. The number of rotatable bonds is 11. The maximum atomic E-state index is 13.2. The average molecular weight is 582 g/mol. The summed E-state index contributed by atoms with van der Waals surface area (Å²) in [4.78, 5) is 24.2. The molecule has 40 heavy (non-hydrogen) atoms. The van der Waals surface area contributed by atoms with Crippen LogP contribution in [0.1, 0.15) is 10.4 Å². The molecule has 9 nitrogen and oxygen atoms in total. The Bertz CT molecular complexity index is 1600. The molecule has 0 radical (unpaired) electrons. The van der Waals surface area contributed by atoms with Crippen molar-refractivity contribution in [3.8, 4) is 11.1 Å². The normalized spacial score (nSPS) is 11.9. The first-order valence-electron chi connectivity index (χ1n) is 11.9. The molecule has 1 amide bonds. The molecule has 0 spiro atoms. The molecule has 0 saturated carbocycles. The fourth-order valence-corrected chi connectivity index (χ4v) is 5.65. The van der Waals surface area contributed by atoms with Gasteiger partial charge in [-0.25, -0.2) is 17.5 Å². The Balaban J connectivity index is 1.47. The van der Waals surface area contributed by atoms with Crippen molar-refractivity contribution in [2.45, 2.75) is 15.8 Å². The molecule has 3 N–H and O–H groups in total. The molecule has 0 aliphatic carbocycles. The van der Waals surface area contributed by atoms with Crippen LogP contribution in [-0.4, -0.2) is 42.8 Å². The second-order valence-corrected chi connectivity index (χ2v) is 11.4. The topological polar surface area (TPSA) is 139 Å². The summed E-state index contributed by atoms with van der Waals surface area (Å²) in [6.07, 6.45) is 0. The molecule has 0 aliphatic rings. The van der Waals surface area contributed by atoms with Crippen molar-refractivity contribution in [1.82, 2.24) is 4.72 Å². The van der Waals surface area contributed by atoms with Crippen LogP contribution in [0.4, 0.5) is 15.8 Å². The van der Waals surface area contributed by atoms with Gasteiger partial charge in [-0.3, -0.25) is 14.9 Å². The van der Waals surface area contributed by atoms with Crippen molar-refractivity contribution < 1.29 is 27.6 Å². The van der Waals surface area contributed by atoms with Gasteiger partial charge in [0.25, 0.3) is 21.6 Å². The number of sulfonamides is 1. The summed E-state index contributed by atoms with van der Waals surface area (Å²) in [6, 6.07) is 23.9. The molecule has 4 aromatic carbocycles. The second-order valence-electron chi connectivity index (χ2n) is 8.60. The molecular weight excluding hydrogens is 557 g/mol. The van der Waals surface area contributed by atoms with Crippen LogP contribution < -0.4 is 10.0 Å². The molecule has 0 bridgehead atoms. The zero-order valence-electron chi connectivity index (χ0n) is 20.9. The highest BCUT2D eigenvalue weighted by Crippen LogP contribution is 2.29. The SMILES string of the molecule is O=C(NS(=O)(=O)c1ccc(NC(CO)CSc2ccccc2)c([N+](=O)[O-])c1)c1ccc(-c2ccc(F)cc2)cc1. The molecular formula is C28H24FN3O6S2. The third kappa shape index (κ3) is 7.23.